The highest BCUT2D eigenvalue weighted by atomic mass is 16.5. The molecule has 18 heavy (non-hydrogen) atoms. The fourth-order valence-corrected chi connectivity index (χ4v) is 3.45. The highest BCUT2D eigenvalue weighted by Crippen LogP contribution is 2.48. The lowest BCUT2D eigenvalue weighted by Gasteiger charge is -2.25. The minimum Gasteiger partial charge on any atom is -0.493 e. The first kappa shape index (κ1) is 11.5. The zero-order valence-corrected chi connectivity index (χ0v) is 10.7. The minimum absolute atomic E-state index is 0.00329. The molecule has 1 saturated carbocycles. The largest absolute Gasteiger partial charge is 0.493 e. The van der Waals surface area contributed by atoms with Gasteiger partial charge in [-0.2, -0.15) is 0 Å². The molecule has 2 aliphatic carbocycles. The molecule has 1 aromatic carbocycles. The smallest absolute Gasteiger partial charge is 0.205 e. The summed E-state index contributed by atoms with van der Waals surface area (Å²) in [6, 6.07) is 10.1. The van der Waals surface area contributed by atoms with E-state index >= 15 is 0 Å². The summed E-state index contributed by atoms with van der Waals surface area (Å²) < 4.78 is 5.37. The van der Waals surface area contributed by atoms with Crippen molar-refractivity contribution in [1.29, 1.82) is 0 Å². The molecule has 0 heterocycles. The molecule has 0 amide bonds. The lowest BCUT2D eigenvalue weighted by atomic mass is 9.77. The number of ether oxygens (including phenoxy) is 1. The van der Waals surface area contributed by atoms with Crippen molar-refractivity contribution in [3.63, 3.8) is 0 Å². The molecule has 0 spiro atoms. The van der Waals surface area contributed by atoms with Crippen molar-refractivity contribution in [3.8, 4) is 0 Å². The fraction of sp³-hybridized carbons (Fsp3) is 0.438. The van der Waals surface area contributed by atoms with Crippen LogP contribution in [0, 0.1) is 5.92 Å². The third-order valence-corrected chi connectivity index (χ3v) is 4.22. The van der Waals surface area contributed by atoms with E-state index in [2.05, 4.69) is 12.1 Å². The molecule has 0 unspecified atom stereocenters. The summed E-state index contributed by atoms with van der Waals surface area (Å²) in [4.78, 5) is 12.5. The molecule has 1 aromatic rings. The van der Waals surface area contributed by atoms with Gasteiger partial charge in [0.05, 0.1) is 13.0 Å². The number of ketones is 1. The van der Waals surface area contributed by atoms with Crippen molar-refractivity contribution in [1.82, 2.24) is 0 Å². The van der Waals surface area contributed by atoms with Gasteiger partial charge >= 0.3 is 0 Å². The summed E-state index contributed by atoms with van der Waals surface area (Å²) in [5.41, 5.74) is 2.40. The number of methoxy groups -OCH3 is 1. The molecule has 0 aromatic heterocycles. The molecule has 2 atom stereocenters. The molecule has 2 heteroatoms. The molecule has 0 saturated heterocycles. The molecular formula is C16H18O2. The summed E-state index contributed by atoms with van der Waals surface area (Å²) in [6.45, 7) is 0. The van der Waals surface area contributed by atoms with Gasteiger partial charge in [0.15, 0.2) is 5.76 Å². The number of fused-ring (bicyclic) bond motifs is 1. The second kappa shape index (κ2) is 4.60. The normalized spacial score (nSPS) is 27.3. The van der Waals surface area contributed by atoms with Gasteiger partial charge in [-0.05, 0) is 36.3 Å². The van der Waals surface area contributed by atoms with Crippen LogP contribution in [-0.4, -0.2) is 12.9 Å². The first-order valence-electron chi connectivity index (χ1n) is 6.69. The van der Waals surface area contributed by atoms with Crippen LogP contribution in [0.1, 0.15) is 37.2 Å². The van der Waals surface area contributed by atoms with Crippen molar-refractivity contribution < 1.29 is 9.53 Å². The maximum Gasteiger partial charge on any atom is 0.205 e. The first-order valence-corrected chi connectivity index (χ1v) is 6.69. The number of benzene rings is 1. The van der Waals surface area contributed by atoms with Gasteiger partial charge < -0.3 is 4.74 Å². The Hall–Kier alpha value is -1.57. The monoisotopic (exact) mass is 242 g/mol. The van der Waals surface area contributed by atoms with E-state index in [1.807, 2.05) is 18.2 Å². The third kappa shape index (κ3) is 1.67. The molecule has 0 N–H and O–H groups in total. The summed E-state index contributed by atoms with van der Waals surface area (Å²) >= 11 is 0. The minimum atomic E-state index is -0.00329. The number of carbonyl (C=O) groups is 1. The average Bonchev–Trinajstić information content (AvgIpc) is 2.71. The molecular weight excluding hydrogens is 224 g/mol. The summed E-state index contributed by atoms with van der Waals surface area (Å²) in [7, 11) is 1.62. The topological polar surface area (TPSA) is 26.3 Å². The highest BCUT2D eigenvalue weighted by Gasteiger charge is 2.44. The zero-order chi connectivity index (χ0) is 12.5. The first-order chi connectivity index (χ1) is 8.83. The van der Waals surface area contributed by atoms with E-state index in [1.54, 1.807) is 7.11 Å². The SMILES string of the molecule is COC1=C2CCCC[C@H]2[C@@H](c2ccccc2)C1=O. The number of hydrogen-bond donors (Lipinski definition) is 0. The van der Waals surface area contributed by atoms with E-state index in [0.29, 0.717) is 11.7 Å². The van der Waals surface area contributed by atoms with Crippen molar-refractivity contribution in [2.75, 3.05) is 7.11 Å². The van der Waals surface area contributed by atoms with Gasteiger partial charge in [0.1, 0.15) is 0 Å². The van der Waals surface area contributed by atoms with Crippen LogP contribution in [-0.2, 0) is 9.53 Å². The van der Waals surface area contributed by atoms with Crippen LogP contribution in [0.3, 0.4) is 0 Å². The lowest BCUT2D eigenvalue weighted by Crippen LogP contribution is -2.18. The van der Waals surface area contributed by atoms with Crippen LogP contribution in [0.25, 0.3) is 0 Å². The Kier molecular flexibility index (Phi) is 2.94. The van der Waals surface area contributed by atoms with E-state index < -0.39 is 0 Å². The maximum absolute atomic E-state index is 12.5. The Morgan fingerprint density at radius 2 is 1.94 bits per heavy atom. The Labute approximate surface area is 108 Å². The molecule has 94 valence electrons. The number of hydrogen-bond acceptors (Lipinski definition) is 2. The molecule has 0 aliphatic heterocycles. The van der Waals surface area contributed by atoms with Gasteiger partial charge in [-0.1, -0.05) is 36.8 Å². The Morgan fingerprint density at radius 1 is 1.17 bits per heavy atom. The quantitative estimate of drug-likeness (QED) is 0.794. The lowest BCUT2D eigenvalue weighted by molar-refractivity contribution is -0.119. The van der Waals surface area contributed by atoms with Crippen molar-refractivity contribution in [2.24, 2.45) is 5.92 Å². The highest BCUT2D eigenvalue weighted by molar-refractivity contribution is 6.02. The zero-order valence-electron chi connectivity index (χ0n) is 10.7. The van der Waals surface area contributed by atoms with Gasteiger partial charge in [-0.3, -0.25) is 4.79 Å². The van der Waals surface area contributed by atoms with Crippen molar-refractivity contribution >= 4 is 5.78 Å². The van der Waals surface area contributed by atoms with E-state index in [4.69, 9.17) is 4.74 Å². The van der Waals surface area contributed by atoms with Crippen LogP contribution in [0.2, 0.25) is 0 Å². The fourth-order valence-electron chi connectivity index (χ4n) is 3.45. The van der Waals surface area contributed by atoms with Gasteiger partial charge in [0, 0.05) is 0 Å². The second-order valence-corrected chi connectivity index (χ2v) is 5.16. The molecule has 0 bridgehead atoms. The van der Waals surface area contributed by atoms with E-state index in [9.17, 15) is 4.79 Å². The molecule has 0 radical (unpaired) electrons. The Bertz CT molecular complexity index is 487. The predicted molar refractivity (Wildman–Crippen MR) is 70.2 cm³/mol. The van der Waals surface area contributed by atoms with Crippen LogP contribution in [0.4, 0.5) is 0 Å². The van der Waals surface area contributed by atoms with Crippen LogP contribution >= 0.6 is 0 Å². The summed E-state index contributed by atoms with van der Waals surface area (Å²) in [6.07, 6.45) is 4.56. The van der Waals surface area contributed by atoms with Crippen molar-refractivity contribution in [3.05, 3.63) is 47.2 Å². The standard InChI is InChI=1S/C16H18O2/c1-18-16-13-10-6-5-9-12(13)14(15(16)17)11-7-3-2-4-8-11/h2-4,7-8,12,14H,5-6,9-10H2,1H3/t12-,14-/m1/s1. The number of Topliss-reactive ketones (excluding diaryl/α,β-unsaturated/α-hetero) is 1. The predicted octanol–water partition coefficient (Wildman–Crippen LogP) is 3.44. The number of carbonyl (C=O) groups excluding carboxylic acids is 1. The maximum atomic E-state index is 12.5. The van der Waals surface area contributed by atoms with Gasteiger partial charge in [-0.25, -0.2) is 0 Å². The Morgan fingerprint density at radius 3 is 2.67 bits per heavy atom. The number of rotatable bonds is 2. The molecule has 2 nitrogen and oxygen atoms in total. The van der Waals surface area contributed by atoms with E-state index in [-0.39, 0.29) is 11.7 Å². The average molecular weight is 242 g/mol. The molecule has 2 aliphatic rings. The van der Waals surface area contributed by atoms with Crippen LogP contribution in [0.15, 0.2) is 41.7 Å². The van der Waals surface area contributed by atoms with Crippen molar-refractivity contribution in [2.45, 2.75) is 31.6 Å². The van der Waals surface area contributed by atoms with Gasteiger partial charge in [0.2, 0.25) is 5.78 Å². The van der Waals surface area contributed by atoms with Gasteiger partial charge in [0.25, 0.3) is 0 Å². The van der Waals surface area contributed by atoms with Crippen LogP contribution in [0.5, 0.6) is 0 Å². The van der Waals surface area contributed by atoms with Crippen LogP contribution < -0.4 is 0 Å². The summed E-state index contributed by atoms with van der Waals surface area (Å²) in [5, 5.41) is 0. The number of allylic oxidation sites excluding steroid dienone is 2. The van der Waals surface area contributed by atoms with E-state index in [0.717, 1.165) is 18.4 Å². The molecule has 1 fully saturated rings. The molecule has 3 rings (SSSR count). The second-order valence-electron chi connectivity index (χ2n) is 5.16. The third-order valence-electron chi connectivity index (χ3n) is 4.22. The Balaban J connectivity index is 2.01. The van der Waals surface area contributed by atoms with Gasteiger partial charge in [-0.15, -0.1) is 0 Å². The summed E-state index contributed by atoms with van der Waals surface area (Å²) in [5.74, 6) is 1.21. The van der Waals surface area contributed by atoms with E-state index in [1.165, 1.54) is 18.4 Å².